The van der Waals surface area contributed by atoms with E-state index in [1.54, 1.807) is 17.5 Å². The number of likely N-dealkylation sites (tertiary alicyclic amines) is 1. The number of hydrogen-bond acceptors (Lipinski definition) is 8. The van der Waals surface area contributed by atoms with Gasteiger partial charge in [0, 0.05) is 24.0 Å². The normalized spacial score (nSPS) is 22.4. The fourth-order valence-corrected chi connectivity index (χ4v) is 9.42. The number of thiazole rings is 1. The highest BCUT2D eigenvalue weighted by atomic mass is 32.1. The first-order chi connectivity index (χ1) is 26.3. The lowest BCUT2D eigenvalue weighted by atomic mass is 9.78. The number of rotatable bonds is 11. The van der Waals surface area contributed by atoms with E-state index in [0.29, 0.717) is 24.9 Å². The number of carbonyl (C=O) groups excluding carboxylic acids is 3. The lowest BCUT2D eigenvalue weighted by Crippen LogP contribution is -2.51. The molecule has 2 bridgehead atoms. The molecule has 3 aliphatic rings. The smallest absolute Gasteiger partial charge is 0.407 e. The predicted molar refractivity (Wildman–Crippen MR) is 206 cm³/mol. The lowest BCUT2D eigenvalue weighted by Gasteiger charge is -2.30. The second-order valence-corrected chi connectivity index (χ2v) is 16.1. The largest absolute Gasteiger partial charge is 0.453 e. The van der Waals surface area contributed by atoms with Crippen LogP contribution in [0.15, 0.2) is 72.5 Å². The Hall–Kier alpha value is -5.30. The van der Waals surface area contributed by atoms with Gasteiger partial charge in [-0.25, -0.2) is 19.7 Å². The van der Waals surface area contributed by atoms with E-state index in [1.165, 1.54) is 7.11 Å². The van der Waals surface area contributed by atoms with Gasteiger partial charge >= 0.3 is 6.09 Å². The van der Waals surface area contributed by atoms with E-state index in [1.807, 2.05) is 36.5 Å². The third-order valence-corrected chi connectivity index (χ3v) is 12.4. The average molecular weight is 747 g/mol. The lowest BCUT2D eigenvalue weighted by molar-refractivity contribution is -0.135. The fraction of sp³-hybridized carbons (Fsp3) is 0.415. The summed E-state index contributed by atoms with van der Waals surface area (Å²) in [4.78, 5) is 61.6. The molecule has 8 rings (SSSR count). The van der Waals surface area contributed by atoms with E-state index in [4.69, 9.17) is 9.72 Å². The van der Waals surface area contributed by atoms with Gasteiger partial charge in [0.25, 0.3) is 0 Å². The van der Waals surface area contributed by atoms with Crippen molar-refractivity contribution in [2.75, 3.05) is 13.7 Å². The minimum Gasteiger partial charge on any atom is -0.453 e. The molecule has 4 N–H and O–H groups in total. The summed E-state index contributed by atoms with van der Waals surface area (Å²) in [5.74, 6) is 2.46. The number of amides is 3. The molecule has 5 aromatic rings. The second kappa shape index (κ2) is 15.2. The van der Waals surface area contributed by atoms with Crippen LogP contribution in [0.2, 0.25) is 0 Å². The summed E-state index contributed by atoms with van der Waals surface area (Å²) < 4.78 is 4.76. The summed E-state index contributed by atoms with van der Waals surface area (Å²) in [5, 5.41) is 8.71. The van der Waals surface area contributed by atoms with Crippen LogP contribution in [0.5, 0.6) is 0 Å². The fourth-order valence-electron chi connectivity index (χ4n) is 8.87. The number of nitrogens with zero attached hydrogens (tertiary/aromatic N) is 4. The van der Waals surface area contributed by atoms with Crippen LogP contribution >= 0.6 is 11.3 Å². The van der Waals surface area contributed by atoms with Crippen molar-refractivity contribution in [1.29, 1.82) is 0 Å². The Morgan fingerprint density at radius 3 is 2.13 bits per heavy atom. The van der Waals surface area contributed by atoms with E-state index in [2.05, 4.69) is 79.1 Å². The second-order valence-electron chi connectivity index (χ2n) is 15.1. The van der Waals surface area contributed by atoms with Crippen LogP contribution < -0.4 is 10.6 Å². The molecule has 6 atom stereocenters. The molecule has 2 aromatic carbocycles. The molecule has 0 radical (unpaired) electrons. The summed E-state index contributed by atoms with van der Waals surface area (Å²) in [7, 11) is 1.30. The first-order valence-electron chi connectivity index (χ1n) is 18.9. The van der Waals surface area contributed by atoms with Gasteiger partial charge in [0.15, 0.2) is 0 Å². The number of alkyl carbamates (subject to hydrolysis) is 1. The van der Waals surface area contributed by atoms with Crippen molar-refractivity contribution in [3.8, 4) is 33.6 Å². The first kappa shape index (κ1) is 35.7. The third-order valence-electron chi connectivity index (χ3n) is 11.6. The Kier molecular flexibility index (Phi) is 10.1. The van der Waals surface area contributed by atoms with Crippen molar-refractivity contribution in [3.05, 3.63) is 89.2 Å². The summed E-state index contributed by atoms with van der Waals surface area (Å²) in [6.45, 7) is 4.90. The minimum absolute atomic E-state index is 0.0673. The quantitative estimate of drug-likeness (QED) is 0.113. The topological polar surface area (TPSA) is 158 Å². The minimum atomic E-state index is -0.675. The van der Waals surface area contributed by atoms with Crippen molar-refractivity contribution < 1.29 is 19.1 Å². The molecule has 2 saturated carbocycles. The summed E-state index contributed by atoms with van der Waals surface area (Å²) in [6.07, 6.45) is 9.87. The van der Waals surface area contributed by atoms with Gasteiger partial charge in [-0.1, -0.05) is 62.4 Å². The summed E-state index contributed by atoms with van der Waals surface area (Å²) in [6, 6.07) is 16.0. The summed E-state index contributed by atoms with van der Waals surface area (Å²) in [5.41, 5.74) is 6.07. The number of nitrogens with one attached hydrogen (secondary N) is 4. The van der Waals surface area contributed by atoms with Crippen LogP contribution in [0.1, 0.15) is 74.6 Å². The molecule has 54 heavy (non-hydrogen) atoms. The molecule has 280 valence electrons. The first-order valence-corrected chi connectivity index (χ1v) is 19.8. The molecule has 3 amide bonds. The molecule has 1 saturated heterocycles. The molecule has 3 fully saturated rings. The molecule has 0 spiro atoms. The van der Waals surface area contributed by atoms with Crippen molar-refractivity contribution >= 4 is 29.2 Å². The zero-order chi connectivity index (χ0) is 37.3. The maximum Gasteiger partial charge on any atom is 0.407 e. The van der Waals surface area contributed by atoms with Crippen molar-refractivity contribution in [1.82, 2.24) is 40.5 Å². The third kappa shape index (κ3) is 7.04. The Bertz CT molecular complexity index is 2090. The van der Waals surface area contributed by atoms with E-state index in [0.717, 1.165) is 82.4 Å². The van der Waals surface area contributed by atoms with Gasteiger partial charge in [0.05, 0.1) is 49.4 Å². The van der Waals surface area contributed by atoms with Gasteiger partial charge in [0.1, 0.15) is 22.7 Å². The van der Waals surface area contributed by atoms with Gasteiger partial charge in [-0.2, -0.15) is 0 Å². The van der Waals surface area contributed by atoms with Crippen LogP contribution in [0, 0.1) is 23.7 Å². The number of benzene rings is 2. The van der Waals surface area contributed by atoms with Crippen LogP contribution in [0.3, 0.4) is 0 Å². The summed E-state index contributed by atoms with van der Waals surface area (Å²) >= 11 is 1.56. The Morgan fingerprint density at radius 2 is 1.50 bits per heavy atom. The number of ether oxygens (including phenoxy) is 1. The predicted octanol–water partition coefficient (Wildman–Crippen LogP) is 7.08. The van der Waals surface area contributed by atoms with E-state index < -0.39 is 12.1 Å². The van der Waals surface area contributed by atoms with Gasteiger partial charge in [0.2, 0.25) is 11.8 Å². The van der Waals surface area contributed by atoms with Gasteiger partial charge in [-0.05, 0) is 72.1 Å². The van der Waals surface area contributed by atoms with E-state index in [9.17, 15) is 14.4 Å². The Balaban J connectivity index is 0.920. The zero-order valence-corrected chi connectivity index (χ0v) is 31.6. The number of hydrogen-bond donors (Lipinski definition) is 4. The number of imidazole rings is 2. The molecule has 12 nitrogen and oxygen atoms in total. The van der Waals surface area contributed by atoms with Crippen molar-refractivity contribution in [2.24, 2.45) is 23.7 Å². The molecular weight excluding hydrogens is 701 g/mol. The van der Waals surface area contributed by atoms with E-state index >= 15 is 0 Å². The SMILES string of the molecule is COC(=O)N[C@H](C(=O)N1CCC[C@H]1c1ncc(-c2ccc(-c3ccc(-c4cnc(C5C6CCC(C6)C5C(=O)NCc5nccs5)[nH]4)cc3)cc2)[nH]1)C(C)C. The van der Waals surface area contributed by atoms with Crippen LogP contribution in [-0.2, 0) is 20.9 Å². The number of aromatic amines is 2. The monoisotopic (exact) mass is 746 g/mol. The molecule has 4 unspecified atom stereocenters. The maximum absolute atomic E-state index is 13.5. The highest BCUT2D eigenvalue weighted by Gasteiger charge is 2.52. The van der Waals surface area contributed by atoms with Gasteiger partial charge in [-0.15, -0.1) is 11.3 Å². The highest BCUT2D eigenvalue weighted by molar-refractivity contribution is 7.09. The molecule has 4 heterocycles. The van der Waals surface area contributed by atoms with Crippen molar-refractivity contribution in [3.63, 3.8) is 0 Å². The molecule has 3 aromatic heterocycles. The number of fused-ring (bicyclic) bond motifs is 2. The number of H-pyrrole nitrogens is 2. The molecule has 1 aliphatic heterocycles. The number of aromatic nitrogens is 5. The molecule has 2 aliphatic carbocycles. The van der Waals surface area contributed by atoms with Gasteiger partial charge in [-0.3, -0.25) is 9.59 Å². The molecule has 13 heteroatoms. The average Bonchev–Trinajstić information content (AvgIpc) is 4.05. The van der Waals surface area contributed by atoms with Crippen molar-refractivity contribution in [2.45, 2.75) is 70.5 Å². The standard InChI is InChI=1S/C41H46N8O4S/c1-23(2)36(48-41(52)53-3)40(51)49-17-4-5-32(49)37-43-20-30(46-37)26-10-6-24(7-11-26)25-8-12-27(13-9-25)31-21-44-38(47-31)34-28-14-15-29(19-28)35(34)39(50)45-22-33-42-16-18-54-33/h6-13,16,18,20-21,23,28-29,32,34-36H,4-5,14-15,17,19,22H2,1-3H3,(H,43,46)(H,44,47)(H,45,50)(H,48,52)/t28?,29?,32-,34?,35?,36-/m0/s1. The zero-order valence-electron chi connectivity index (χ0n) is 30.7. The van der Waals surface area contributed by atoms with E-state index in [-0.39, 0.29) is 35.6 Å². The maximum atomic E-state index is 13.5. The van der Waals surface area contributed by atoms with Crippen LogP contribution in [0.25, 0.3) is 33.6 Å². The Morgan fingerprint density at radius 1 is 0.870 bits per heavy atom. The van der Waals surface area contributed by atoms with Gasteiger partial charge < -0.3 is 30.2 Å². The number of methoxy groups -OCH3 is 1. The molecular formula is C41H46N8O4S. The van der Waals surface area contributed by atoms with Crippen LogP contribution in [0.4, 0.5) is 4.79 Å². The van der Waals surface area contributed by atoms with Crippen LogP contribution in [-0.4, -0.2) is 67.4 Å². The Labute approximate surface area is 318 Å². The number of carbonyl (C=O) groups is 3. The highest BCUT2D eigenvalue weighted by Crippen LogP contribution is 2.56.